The number of aromatic amines is 1. The van der Waals surface area contributed by atoms with Crippen molar-refractivity contribution in [3.8, 4) is 23.3 Å². The van der Waals surface area contributed by atoms with Gasteiger partial charge in [0.05, 0.1) is 0 Å². The number of esters is 1. The summed E-state index contributed by atoms with van der Waals surface area (Å²) in [6.45, 7) is 2.71. The lowest BCUT2D eigenvalue weighted by atomic mass is 10.1. The largest absolute Gasteiger partial charge is 0.495 e. The Balaban J connectivity index is 1.45. The lowest BCUT2D eigenvalue weighted by Gasteiger charge is -2.21. The number of alkyl halides is 1. The fourth-order valence-electron chi connectivity index (χ4n) is 3.91. The van der Waals surface area contributed by atoms with Gasteiger partial charge in [0.15, 0.2) is 17.9 Å². The van der Waals surface area contributed by atoms with Crippen molar-refractivity contribution in [2.45, 2.75) is 45.1 Å². The molecule has 0 spiro atoms. The molecule has 4 rings (SSSR count). The third kappa shape index (κ3) is 7.39. The van der Waals surface area contributed by atoms with Crippen LogP contribution in [0.3, 0.4) is 0 Å². The van der Waals surface area contributed by atoms with Crippen LogP contribution in [0.4, 0.5) is 4.39 Å². The van der Waals surface area contributed by atoms with E-state index in [1.165, 1.54) is 19.9 Å². The molecule has 1 atom stereocenters. The molecule has 1 aliphatic carbocycles. The third-order valence-corrected chi connectivity index (χ3v) is 5.72. The Kier molecular flexibility index (Phi) is 7.86. The van der Waals surface area contributed by atoms with Crippen molar-refractivity contribution >= 4 is 5.97 Å². The van der Waals surface area contributed by atoms with Crippen LogP contribution in [-0.2, 0) is 16.0 Å². The minimum absolute atomic E-state index is 0.0650. The second-order valence-corrected chi connectivity index (χ2v) is 9.25. The molecule has 2 aromatic carbocycles. The summed E-state index contributed by atoms with van der Waals surface area (Å²) in [5.41, 5.74) is 2.76. The second kappa shape index (κ2) is 11.2. The number of nitrogens with one attached hydrogen (secondary N) is 1. The molecule has 0 bridgehead atoms. The van der Waals surface area contributed by atoms with E-state index in [1.54, 1.807) is 42.5 Å². The van der Waals surface area contributed by atoms with Gasteiger partial charge in [0, 0.05) is 37.5 Å². The molecular weight excluding hydrogens is 477 g/mol. The number of carbonyl (C=O) groups excluding carboxylic acids is 1. The molecule has 1 aromatic heterocycles. The summed E-state index contributed by atoms with van der Waals surface area (Å²) < 4.78 is 30.9. The van der Waals surface area contributed by atoms with Crippen LogP contribution in [0.1, 0.15) is 49.5 Å². The van der Waals surface area contributed by atoms with Gasteiger partial charge in [-0.3, -0.25) is 4.98 Å². The normalized spacial score (nSPS) is 14.1. The maximum absolute atomic E-state index is 13.8. The van der Waals surface area contributed by atoms with Crippen LogP contribution in [0, 0.1) is 0 Å². The van der Waals surface area contributed by atoms with Crippen LogP contribution in [0.5, 0.6) is 23.3 Å². The van der Waals surface area contributed by atoms with Gasteiger partial charge in [-0.2, -0.15) is 4.39 Å². The predicted molar refractivity (Wildman–Crippen MR) is 136 cm³/mol. The summed E-state index contributed by atoms with van der Waals surface area (Å²) in [5, 5.41) is 19.3. The maximum Gasteiger partial charge on any atom is 0.334 e. The molecule has 3 N–H and O–H groups in total. The number of aromatic hydroxyl groups is 2. The number of H-pyrrole nitrogens is 1. The molecule has 8 heteroatoms. The number of halogens is 1. The van der Waals surface area contributed by atoms with E-state index in [2.05, 4.69) is 4.98 Å². The molecule has 7 nitrogen and oxygen atoms in total. The van der Waals surface area contributed by atoms with E-state index in [0.29, 0.717) is 41.0 Å². The zero-order valence-electron chi connectivity index (χ0n) is 20.7. The predicted octanol–water partition coefficient (Wildman–Crippen LogP) is 6.04. The summed E-state index contributed by atoms with van der Waals surface area (Å²) in [6, 6.07) is 15.4. The summed E-state index contributed by atoms with van der Waals surface area (Å²) in [5.74, 6) is -1.46. The average molecular weight is 508 g/mol. The summed E-state index contributed by atoms with van der Waals surface area (Å²) in [7, 11) is 0. The van der Waals surface area contributed by atoms with Crippen LogP contribution in [0.15, 0.2) is 78.4 Å². The minimum atomic E-state index is -1.82. The molecule has 194 valence electrons. The van der Waals surface area contributed by atoms with Crippen molar-refractivity contribution < 1.29 is 33.6 Å². The average Bonchev–Trinajstić information content (AvgIpc) is 3.18. The zero-order valence-corrected chi connectivity index (χ0v) is 20.7. The molecule has 0 amide bonds. The molecule has 0 fully saturated rings. The minimum Gasteiger partial charge on any atom is -0.495 e. The Bertz CT molecular complexity index is 1270. The molecule has 1 heterocycles. The maximum atomic E-state index is 13.8. The smallest absolute Gasteiger partial charge is 0.334 e. The summed E-state index contributed by atoms with van der Waals surface area (Å²) in [4.78, 5) is 15.3. The van der Waals surface area contributed by atoms with E-state index in [9.17, 15) is 19.4 Å². The molecule has 0 radical (unpaired) electrons. The van der Waals surface area contributed by atoms with Crippen molar-refractivity contribution in [1.82, 2.24) is 4.98 Å². The Morgan fingerprint density at radius 2 is 1.78 bits per heavy atom. The van der Waals surface area contributed by atoms with Crippen molar-refractivity contribution in [2.24, 2.45) is 0 Å². The standard InChI is InChI=1S/C29H30FNO6/c1-29(2,30)37-24-14-10-20(11-15-24)25(36-28(34)21-6-4-3-5-7-21)18-35-23-12-8-19(9-13-23)16-22-17-26(32)31-27(22)33/h3-4,6,8-15,17,25,31-33H,5,7,16,18H2,1-2H3. The quantitative estimate of drug-likeness (QED) is 0.289. The highest BCUT2D eigenvalue weighted by atomic mass is 19.2. The van der Waals surface area contributed by atoms with Gasteiger partial charge in [0.2, 0.25) is 5.85 Å². The lowest BCUT2D eigenvalue weighted by Crippen LogP contribution is -2.21. The highest BCUT2D eigenvalue weighted by Gasteiger charge is 2.22. The molecule has 3 aromatic rings. The number of allylic oxidation sites excluding steroid dienone is 3. The Morgan fingerprint density at radius 3 is 2.38 bits per heavy atom. The van der Waals surface area contributed by atoms with Gasteiger partial charge in [-0.15, -0.1) is 0 Å². The van der Waals surface area contributed by atoms with Crippen LogP contribution in [0.2, 0.25) is 0 Å². The van der Waals surface area contributed by atoms with E-state index in [0.717, 1.165) is 12.0 Å². The first kappa shape index (κ1) is 25.9. The van der Waals surface area contributed by atoms with Crippen LogP contribution in [0.25, 0.3) is 0 Å². The Morgan fingerprint density at radius 1 is 1.08 bits per heavy atom. The van der Waals surface area contributed by atoms with Crippen molar-refractivity contribution in [3.05, 3.63) is 95.1 Å². The number of ether oxygens (including phenoxy) is 3. The first-order chi connectivity index (χ1) is 17.7. The second-order valence-electron chi connectivity index (χ2n) is 9.25. The van der Waals surface area contributed by atoms with Crippen LogP contribution >= 0.6 is 0 Å². The first-order valence-corrected chi connectivity index (χ1v) is 12.0. The SMILES string of the molecule is CC(C)(F)Oc1ccc(C(COc2ccc(Cc3cc(O)[nH]c3O)cc2)OC(=O)C2=CC=CCC2)cc1. The Hall–Kier alpha value is -4.20. The molecule has 0 saturated carbocycles. The van der Waals surface area contributed by atoms with Crippen molar-refractivity contribution in [2.75, 3.05) is 6.61 Å². The molecule has 0 aliphatic heterocycles. The lowest BCUT2D eigenvalue weighted by molar-refractivity contribution is -0.146. The van der Waals surface area contributed by atoms with Gasteiger partial charge in [0.1, 0.15) is 18.1 Å². The fraction of sp³-hybridized carbons (Fsp3) is 0.276. The van der Waals surface area contributed by atoms with E-state index in [-0.39, 0.29) is 18.4 Å². The van der Waals surface area contributed by atoms with Crippen molar-refractivity contribution in [3.63, 3.8) is 0 Å². The number of benzene rings is 2. The number of hydrogen-bond donors (Lipinski definition) is 3. The monoisotopic (exact) mass is 507 g/mol. The van der Waals surface area contributed by atoms with Gasteiger partial charge in [0.25, 0.3) is 0 Å². The van der Waals surface area contributed by atoms with E-state index < -0.39 is 17.9 Å². The van der Waals surface area contributed by atoms with Gasteiger partial charge in [-0.05, 0) is 48.2 Å². The highest BCUT2D eigenvalue weighted by Crippen LogP contribution is 2.28. The number of rotatable bonds is 10. The van der Waals surface area contributed by atoms with Gasteiger partial charge in [-0.1, -0.05) is 42.5 Å². The van der Waals surface area contributed by atoms with Crippen LogP contribution < -0.4 is 9.47 Å². The fourth-order valence-corrected chi connectivity index (χ4v) is 3.91. The van der Waals surface area contributed by atoms with Crippen molar-refractivity contribution in [1.29, 1.82) is 0 Å². The first-order valence-electron chi connectivity index (χ1n) is 12.0. The zero-order chi connectivity index (χ0) is 26.4. The van der Waals surface area contributed by atoms with Gasteiger partial charge in [-0.25, -0.2) is 4.79 Å². The molecule has 1 aliphatic rings. The van der Waals surface area contributed by atoms with E-state index in [1.807, 2.05) is 24.3 Å². The number of carbonyl (C=O) groups is 1. The third-order valence-electron chi connectivity index (χ3n) is 5.72. The highest BCUT2D eigenvalue weighted by molar-refractivity contribution is 5.89. The molecule has 1 unspecified atom stereocenters. The number of hydrogen-bond acceptors (Lipinski definition) is 6. The van der Waals surface area contributed by atoms with Crippen LogP contribution in [-0.4, -0.2) is 33.6 Å². The van der Waals surface area contributed by atoms with E-state index in [4.69, 9.17) is 14.2 Å². The van der Waals surface area contributed by atoms with E-state index >= 15 is 0 Å². The number of aromatic nitrogens is 1. The van der Waals surface area contributed by atoms with Gasteiger partial charge < -0.3 is 24.4 Å². The Labute approximate surface area is 214 Å². The summed E-state index contributed by atoms with van der Waals surface area (Å²) >= 11 is 0. The topological polar surface area (TPSA) is 101 Å². The molecular formula is C29H30FNO6. The molecule has 37 heavy (non-hydrogen) atoms. The molecule has 0 saturated heterocycles. The summed E-state index contributed by atoms with van der Waals surface area (Å²) in [6.07, 6.45) is 6.70. The van der Waals surface area contributed by atoms with Gasteiger partial charge >= 0.3 is 5.97 Å².